The lowest BCUT2D eigenvalue weighted by Crippen LogP contribution is -2.35. The molecule has 0 saturated carbocycles. The van der Waals surface area contributed by atoms with E-state index in [1.165, 1.54) is 0 Å². The number of phenolic OH excluding ortho intramolecular Hbond substituents is 1. The summed E-state index contributed by atoms with van der Waals surface area (Å²) >= 11 is 0. The monoisotopic (exact) mass is 253 g/mol. The van der Waals surface area contributed by atoms with Crippen LogP contribution in [-0.2, 0) is 16.1 Å². The minimum Gasteiger partial charge on any atom is -0.508 e. The number of aromatic hydroxyl groups is 1. The number of benzene rings is 1. The SMILES string of the molecule is CCCON(OCC)C(C)Cc1cccc(O)c1. The third kappa shape index (κ3) is 5.04. The molecule has 1 aromatic rings. The Morgan fingerprint density at radius 2 is 2.06 bits per heavy atom. The summed E-state index contributed by atoms with van der Waals surface area (Å²) in [6.07, 6.45) is 1.71. The summed E-state index contributed by atoms with van der Waals surface area (Å²) in [6, 6.07) is 7.36. The molecule has 0 fully saturated rings. The number of hydroxylamine groups is 2. The van der Waals surface area contributed by atoms with Gasteiger partial charge in [0.15, 0.2) is 0 Å². The van der Waals surface area contributed by atoms with Gasteiger partial charge in [0.05, 0.1) is 19.3 Å². The zero-order chi connectivity index (χ0) is 13.4. The van der Waals surface area contributed by atoms with Gasteiger partial charge in [-0.2, -0.15) is 0 Å². The van der Waals surface area contributed by atoms with Crippen LogP contribution in [0.5, 0.6) is 5.75 Å². The van der Waals surface area contributed by atoms with Crippen molar-refractivity contribution in [1.82, 2.24) is 5.23 Å². The van der Waals surface area contributed by atoms with Crippen LogP contribution in [0.1, 0.15) is 32.8 Å². The molecule has 0 aliphatic heterocycles. The molecule has 1 unspecified atom stereocenters. The zero-order valence-corrected chi connectivity index (χ0v) is 11.4. The molecule has 0 aliphatic carbocycles. The van der Waals surface area contributed by atoms with Crippen molar-refractivity contribution in [2.75, 3.05) is 13.2 Å². The van der Waals surface area contributed by atoms with Crippen LogP contribution in [0.3, 0.4) is 0 Å². The third-order valence-electron chi connectivity index (χ3n) is 2.48. The molecule has 0 bridgehead atoms. The number of rotatable bonds is 8. The maximum absolute atomic E-state index is 9.43. The van der Waals surface area contributed by atoms with Crippen molar-refractivity contribution in [2.24, 2.45) is 0 Å². The van der Waals surface area contributed by atoms with Crippen LogP contribution in [0.25, 0.3) is 0 Å². The molecular formula is C14H23NO3. The van der Waals surface area contributed by atoms with Crippen molar-refractivity contribution in [3.8, 4) is 5.75 Å². The van der Waals surface area contributed by atoms with Gasteiger partial charge in [-0.25, -0.2) is 0 Å². The molecule has 1 atom stereocenters. The molecule has 4 nitrogen and oxygen atoms in total. The van der Waals surface area contributed by atoms with E-state index in [9.17, 15) is 5.11 Å². The van der Waals surface area contributed by atoms with Crippen molar-refractivity contribution < 1.29 is 14.8 Å². The minimum atomic E-state index is 0.0956. The average Bonchev–Trinajstić information content (AvgIpc) is 2.34. The summed E-state index contributed by atoms with van der Waals surface area (Å²) < 4.78 is 0. The van der Waals surface area contributed by atoms with Gasteiger partial charge in [-0.05, 0) is 44.4 Å². The van der Waals surface area contributed by atoms with Gasteiger partial charge in [0.25, 0.3) is 0 Å². The Morgan fingerprint density at radius 1 is 1.28 bits per heavy atom. The van der Waals surface area contributed by atoms with Crippen LogP contribution in [0, 0.1) is 0 Å². The second-order valence-corrected chi connectivity index (χ2v) is 4.26. The Bertz CT molecular complexity index is 344. The maximum Gasteiger partial charge on any atom is 0.115 e. The zero-order valence-electron chi connectivity index (χ0n) is 11.4. The molecule has 0 saturated heterocycles. The van der Waals surface area contributed by atoms with E-state index in [2.05, 4.69) is 6.92 Å². The fourth-order valence-corrected chi connectivity index (χ4v) is 1.70. The van der Waals surface area contributed by atoms with E-state index in [0.29, 0.717) is 13.2 Å². The smallest absolute Gasteiger partial charge is 0.115 e. The van der Waals surface area contributed by atoms with E-state index in [-0.39, 0.29) is 11.8 Å². The molecule has 102 valence electrons. The van der Waals surface area contributed by atoms with Crippen molar-refractivity contribution >= 4 is 0 Å². The summed E-state index contributed by atoms with van der Waals surface area (Å²) in [6.45, 7) is 7.25. The first kappa shape index (κ1) is 15.0. The highest BCUT2D eigenvalue weighted by Gasteiger charge is 2.15. The van der Waals surface area contributed by atoms with Gasteiger partial charge < -0.3 is 5.11 Å². The van der Waals surface area contributed by atoms with Crippen LogP contribution in [0.2, 0.25) is 0 Å². The number of nitrogens with zero attached hydrogens (tertiary/aromatic N) is 1. The topological polar surface area (TPSA) is 41.9 Å². The number of hydrogen-bond donors (Lipinski definition) is 1. The Labute approximate surface area is 109 Å². The highest BCUT2D eigenvalue weighted by molar-refractivity contribution is 5.27. The lowest BCUT2D eigenvalue weighted by Gasteiger charge is -2.26. The summed E-state index contributed by atoms with van der Waals surface area (Å²) in [4.78, 5) is 11.0. The second kappa shape index (κ2) is 8.08. The second-order valence-electron chi connectivity index (χ2n) is 4.26. The van der Waals surface area contributed by atoms with Crippen molar-refractivity contribution in [1.29, 1.82) is 0 Å². The quantitative estimate of drug-likeness (QED) is 0.723. The molecule has 0 amide bonds. The highest BCUT2D eigenvalue weighted by atomic mass is 16.9. The van der Waals surface area contributed by atoms with E-state index >= 15 is 0 Å². The molecular weight excluding hydrogens is 230 g/mol. The van der Waals surface area contributed by atoms with Crippen molar-refractivity contribution in [2.45, 2.75) is 39.7 Å². The van der Waals surface area contributed by atoms with Crippen LogP contribution < -0.4 is 0 Å². The molecule has 0 aromatic heterocycles. The highest BCUT2D eigenvalue weighted by Crippen LogP contribution is 2.15. The first-order valence-corrected chi connectivity index (χ1v) is 6.50. The van der Waals surface area contributed by atoms with Crippen LogP contribution in [-0.4, -0.2) is 29.6 Å². The third-order valence-corrected chi connectivity index (χ3v) is 2.48. The van der Waals surface area contributed by atoms with Crippen LogP contribution in [0.15, 0.2) is 24.3 Å². The number of phenols is 1. The number of hydrogen-bond acceptors (Lipinski definition) is 4. The molecule has 1 rings (SSSR count). The van der Waals surface area contributed by atoms with E-state index in [1.54, 1.807) is 17.4 Å². The van der Waals surface area contributed by atoms with E-state index in [1.807, 2.05) is 26.0 Å². The van der Waals surface area contributed by atoms with Gasteiger partial charge in [0.1, 0.15) is 5.75 Å². The van der Waals surface area contributed by atoms with E-state index in [4.69, 9.17) is 9.68 Å². The maximum atomic E-state index is 9.43. The Morgan fingerprint density at radius 3 is 2.67 bits per heavy atom. The summed E-state index contributed by atoms with van der Waals surface area (Å²) in [5, 5.41) is 11.0. The first-order chi connectivity index (χ1) is 8.67. The van der Waals surface area contributed by atoms with Gasteiger partial charge in [-0.15, -0.1) is 0 Å². The van der Waals surface area contributed by atoms with Gasteiger partial charge in [-0.1, -0.05) is 24.3 Å². The summed E-state index contributed by atoms with van der Waals surface area (Å²) in [5.41, 5.74) is 1.06. The summed E-state index contributed by atoms with van der Waals surface area (Å²) in [5.74, 6) is 0.289. The van der Waals surface area contributed by atoms with Gasteiger partial charge in [-0.3, -0.25) is 9.68 Å². The molecule has 0 radical (unpaired) electrons. The Kier molecular flexibility index (Phi) is 6.72. The lowest BCUT2D eigenvalue weighted by molar-refractivity contribution is -0.384. The normalized spacial score (nSPS) is 12.9. The average molecular weight is 253 g/mol. The van der Waals surface area contributed by atoms with E-state index < -0.39 is 0 Å². The molecule has 1 N–H and O–H groups in total. The lowest BCUT2D eigenvalue weighted by atomic mass is 10.1. The molecule has 0 heterocycles. The van der Waals surface area contributed by atoms with Gasteiger partial charge >= 0.3 is 0 Å². The molecule has 0 aliphatic rings. The summed E-state index contributed by atoms with van der Waals surface area (Å²) in [7, 11) is 0. The molecule has 4 heteroatoms. The molecule has 0 spiro atoms. The largest absolute Gasteiger partial charge is 0.508 e. The standard InChI is InChI=1S/C14H23NO3/c1-4-9-18-15(17-5-2)12(3)10-13-7-6-8-14(16)11-13/h6-8,11-12,16H,4-5,9-10H2,1-3H3. The van der Waals surface area contributed by atoms with Crippen molar-refractivity contribution in [3.05, 3.63) is 29.8 Å². The fraction of sp³-hybridized carbons (Fsp3) is 0.571. The predicted molar refractivity (Wildman–Crippen MR) is 71.0 cm³/mol. The molecule has 18 heavy (non-hydrogen) atoms. The van der Waals surface area contributed by atoms with Crippen LogP contribution in [0.4, 0.5) is 0 Å². The fourth-order valence-electron chi connectivity index (χ4n) is 1.70. The van der Waals surface area contributed by atoms with Crippen LogP contribution >= 0.6 is 0 Å². The van der Waals surface area contributed by atoms with Crippen molar-refractivity contribution in [3.63, 3.8) is 0 Å². The molecule has 1 aromatic carbocycles. The minimum absolute atomic E-state index is 0.0956. The predicted octanol–water partition coefficient (Wildman–Crippen LogP) is 2.92. The Hall–Kier alpha value is -1.10. The Balaban J connectivity index is 2.56. The van der Waals surface area contributed by atoms with E-state index in [0.717, 1.165) is 18.4 Å². The van der Waals surface area contributed by atoms with Gasteiger partial charge in [0, 0.05) is 0 Å². The van der Waals surface area contributed by atoms with Gasteiger partial charge in [0.2, 0.25) is 0 Å². The first-order valence-electron chi connectivity index (χ1n) is 6.50.